The van der Waals surface area contributed by atoms with Gasteiger partial charge in [0.2, 0.25) is 0 Å². The quantitative estimate of drug-likeness (QED) is 0.415. The molecule has 1 aliphatic heterocycles. The Bertz CT molecular complexity index is 1440. The molecule has 0 saturated carbocycles. The van der Waals surface area contributed by atoms with Crippen LogP contribution >= 0.6 is 0 Å². The first kappa shape index (κ1) is 23.4. The van der Waals surface area contributed by atoms with Gasteiger partial charge in [0.05, 0.1) is 30.5 Å². The average molecular weight is 485 g/mol. The van der Waals surface area contributed by atoms with Crippen LogP contribution in [0, 0.1) is 0 Å². The number of hydrogen-bond donors (Lipinski definition) is 0. The number of para-hydroxylation sites is 2. The SMILES string of the molecule is CCOc1ccc(-n2nc(C(=O)N3CCN(c4ccccc4OC)CC3)c3ccccc3c2=O)cc1. The van der Waals surface area contributed by atoms with Crippen LogP contribution in [-0.2, 0) is 0 Å². The van der Waals surface area contributed by atoms with E-state index in [4.69, 9.17) is 9.47 Å². The maximum absolute atomic E-state index is 13.7. The molecule has 0 unspecified atom stereocenters. The van der Waals surface area contributed by atoms with Crippen molar-refractivity contribution in [3.63, 3.8) is 0 Å². The van der Waals surface area contributed by atoms with Gasteiger partial charge in [0, 0.05) is 31.6 Å². The highest BCUT2D eigenvalue weighted by atomic mass is 16.5. The van der Waals surface area contributed by atoms with Gasteiger partial charge >= 0.3 is 0 Å². The summed E-state index contributed by atoms with van der Waals surface area (Å²) in [5.41, 5.74) is 1.58. The number of piperazine rings is 1. The first-order valence-corrected chi connectivity index (χ1v) is 12.0. The zero-order valence-electron chi connectivity index (χ0n) is 20.4. The second-order valence-corrected chi connectivity index (χ2v) is 8.49. The smallest absolute Gasteiger partial charge is 0.279 e. The minimum atomic E-state index is -0.271. The molecule has 0 atom stereocenters. The number of nitrogens with zero attached hydrogens (tertiary/aromatic N) is 4. The number of amides is 1. The minimum Gasteiger partial charge on any atom is -0.495 e. The highest BCUT2D eigenvalue weighted by Gasteiger charge is 2.27. The summed E-state index contributed by atoms with van der Waals surface area (Å²) in [6.07, 6.45) is 0. The van der Waals surface area contributed by atoms with Crippen LogP contribution in [0.2, 0.25) is 0 Å². The number of ether oxygens (including phenoxy) is 2. The van der Waals surface area contributed by atoms with Gasteiger partial charge < -0.3 is 19.3 Å². The first-order valence-electron chi connectivity index (χ1n) is 12.0. The fourth-order valence-corrected chi connectivity index (χ4v) is 4.56. The van der Waals surface area contributed by atoms with Crippen LogP contribution in [0.15, 0.2) is 77.6 Å². The molecule has 4 aromatic rings. The van der Waals surface area contributed by atoms with Crippen LogP contribution in [0.25, 0.3) is 16.5 Å². The van der Waals surface area contributed by atoms with Crippen molar-refractivity contribution in [2.75, 3.05) is 44.8 Å². The number of aromatic nitrogens is 2. The molecule has 36 heavy (non-hydrogen) atoms. The van der Waals surface area contributed by atoms with Crippen LogP contribution < -0.4 is 19.9 Å². The molecule has 1 amide bonds. The summed E-state index contributed by atoms with van der Waals surface area (Å²) >= 11 is 0. The summed E-state index contributed by atoms with van der Waals surface area (Å²) < 4.78 is 12.3. The molecule has 8 nitrogen and oxygen atoms in total. The third kappa shape index (κ3) is 4.37. The predicted molar refractivity (Wildman–Crippen MR) is 140 cm³/mol. The number of hydrogen-bond acceptors (Lipinski definition) is 6. The molecular formula is C28H28N4O4. The lowest BCUT2D eigenvalue weighted by atomic mass is 10.1. The standard InChI is InChI=1S/C28H28N4O4/c1-3-36-21-14-12-20(13-15-21)32-27(33)23-9-5-4-8-22(23)26(29-32)28(34)31-18-16-30(17-19-31)24-10-6-7-11-25(24)35-2/h4-15H,3,16-19H2,1-2H3. The molecule has 184 valence electrons. The van der Waals surface area contributed by atoms with E-state index in [1.54, 1.807) is 54.5 Å². The lowest BCUT2D eigenvalue weighted by Gasteiger charge is -2.36. The van der Waals surface area contributed by atoms with Gasteiger partial charge in [0.25, 0.3) is 11.5 Å². The highest BCUT2D eigenvalue weighted by molar-refractivity contribution is 6.05. The highest BCUT2D eigenvalue weighted by Crippen LogP contribution is 2.29. The molecular weight excluding hydrogens is 456 g/mol. The van der Waals surface area contributed by atoms with Crippen molar-refractivity contribution in [3.8, 4) is 17.2 Å². The summed E-state index contributed by atoms with van der Waals surface area (Å²) in [5, 5.41) is 5.58. The van der Waals surface area contributed by atoms with Gasteiger partial charge in [0.1, 0.15) is 11.5 Å². The van der Waals surface area contributed by atoms with Crippen LogP contribution in [0.5, 0.6) is 11.5 Å². The first-order chi connectivity index (χ1) is 17.6. The number of methoxy groups -OCH3 is 1. The van der Waals surface area contributed by atoms with E-state index in [2.05, 4.69) is 10.00 Å². The lowest BCUT2D eigenvalue weighted by Crippen LogP contribution is -2.49. The zero-order chi connectivity index (χ0) is 25.1. The van der Waals surface area contributed by atoms with E-state index in [1.807, 2.05) is 37.3 Å². The van der Waals surface area contributed by atoms with Crippen molar-refractivity contribution in [3.05, 3.63) is 88.8 Å². The number of carbonyl (C=O) groups is 1. The van der Waals surface area contributed by atoms with Gasteiger partial charge in [-0.15, -0.1) is 0 Å². The fraction of sp³-hybridized carbons (Fsp3) is 0.250. The van der Waals surface area contributed by atoms with E-state index in [-0.39, 0.29) is 17.2 Å². The Morgan fingerprint density at radius 2 is 1.56 bits per heavy atom. The summed E-state index contributed by atoms with van der Waals surface area (Å²) in [7, 11) is 1.66. The van der Waals surface area contributed by atoms with Crippen LogP contribution in [0.3, 0.4) is 0 Å². The molecule has 1 aromatic heterocycles. The molecule has 0 bridgehead atoms. The monoisotopic (exact) mass is 484 g/mol. The molecule has 1 fully saturated rings. The van der Waals surface area contributed by atoms with Crippen molar-refractivity contribution in [1.82, 2.24) is 14.7 Å². The molecule has 0 N–H and O–H groups in total. The number of fused-ring (bicyclic) bond motifs is 1. The Morgan fingerprint density at radius 1 is 0.889 bits per heavy atom. The number of anilines is 1. The van der Waals surface area contributed by atoms with Gasteiger partial charge in [-0.2, -0.15) is 9.78 Å². The molecule has 1 aliphatic rings. The molecule has 5 rings (SSSR count). The Hall–Kier alpha value is -4.33. The van der Waals surface area contributed by atoms with Crippen LogP contribution in [0.4, 0.5) is 5.69 Å². The van der Waals surface area contributed by atoms with Gasteiger partial charge in [-0.25, -0.2) is 0 Å². The third-order valence-corrected chi connectivity index (χ3v) is 6.39. The normalized spacial score (nSPS) is 13.6. The van der Waals surface area contributed by atoms with Crippen molar-refractivity contribution in [2.45, 2.75) is 6.92 Å². The maximum atomic E-state index is 13.7. The Kier molecular flexibility index (Phi) is 6.58. The van der Waals surface area contributed by atoms with Gasteiger partial charge in [-0.3, -0.25) is 9.59 Å². The Balaban J connectivity index is 1.46. The maximum Gasteiger partial charge on any atom is 0.279 e. The van der Waals surface area contributed by atoms with Gasteiger partial charge in [-0.05, 0) is 49.4 Å². The summed E-state index contributed by atoms with van der Waals surface area (Å²) in [4.78, 5) is 31.0. The molecule has 3 aromatic carbocycles. The van der Waals surface area contributed by atoms with E-state index in [0.717, 1.165) is 11.4 Å². The molecule has 1 saturated heterocycles. The van der Waals surface area contributed by atoms with E-state index >= 15 is 0 Å². The minimum absolute atomic E-state index is 0.189. The van der Waals surface area contributed by atoms with E-state index in [9.17, 15) is 9.59 Å². The van der Waals surface area contributed by atoms with Crippen molar-refractivity contribution in [2.24, 2.45) is 0 Å². The molecule has 0 aliphatic carbocycles. The molecule has 2 heterocycles. The van der Waals surface area contributed by atoms with E-state index in [0.29, 0.717) is 55.0 Å². The lowest BCUT2D eigenvalue weighted by molar-refractivity contribution is 0.0741. The third-order valence-electron chi connectivity index (χ3n) is 6.39. The Morgan fingerprint density at radius 3 is 2.25 bits per heavy atom. The summed E-state index contributed by atoms with van der Waals surface area (Å²) in [6.45, 7) is 4.88. The second-order valence-electron chi connectivity index (χ2n) is 8.49. The molecule has 0 radical (unpaired) electrons. The summed E-state index contributed by atoms with van der Waals surface area (Å²) in [5.74, 6) is 1.33. The van der Waals surface area contributed by atoms with E-state index in [1.165, 1.54) is 4.68 Å². The van der Waals surface area contributed by atoms with Crippen LogP contribution in [-0.4, -0.2) is 60.5 Å². The van der Waals surface area contributed by atoms with E-state index < -0.39 is 0 Å². The zero-order valence-corrected chi connectivity index (χ0v) is 20.4. The second kappa shape index (κ2) is 10.1. The number of benzene rings is 3. The summed E-state index contributed by atoms with van der Waals surface area (Å²) in [6, 6.07) is 22.2. The molecule has 8 heteroatoms. The fourth-order valence-electron chi connectivity index (χ4n) is 4.56. The van der Waals surface area contributed by atoms with Crippen LogP contribution in [0.1, 0.15) is 17.4 Å². The predicted octanol–water partition coefficient (Wildman–Crippen LogP) is 3.76. The van der Waals surface area contributed by atoms with Crippen molar-refractivity contribution < 1.29 is 14.3 Å². The number of rotatable bonds is 6. The number of carbonyl (C=O) groups excluding carboxylic acids is 1. The average Bonchev–Trinajstić information content (AvgIpc) is 2.94. The topological polar surface area (TPSA) is 76.9 Å². The van der Waals surface area contributed by atoms with Crippen molar-refractivity contribution in [1.29, 1.82) is 0 Å². The van der Waals surface area contributed by atoms with Gasteiger partial charge in [0.15, 0.2) is 5.69 Å². The Labute approximate surface area is 209 Å². The van der Waals surface area contributed by atoms with Crippen molar-refractivity contribution >= 4 is 22.4 Å². The molecule has 0 spiro atoms. The van der Waals surface area contributed by atoms with Gasteiger partial charge in [-0.1, -0.05) is 30.3 Å². The largest absolute Gasteiger partial charge is 0.495 e.